The summed E-state index contributed by atoms with van der Waals surface area (Å²) in [4.78, 5) is 11.6. The van der Waals surface area contributed by atoms with E-state index in [2.05, 4.69) is 26.0 Å². The first-order chi connectivity index (χ1) is 9.51. The van der Waals surface area contributed by atoms with E-state index < -0.39 is 11.8 Å². The molecule has 4 nitrogen and oxygen atoms in total. The van der Waals surface area contributed by atoms with Gasteiger partial charge >= 0.3 is 5.97 Å². The van der Waals surface area contributed by atoms with Gasteiger partial charge in [-0.2, -0.15) is 0 Å². The minimum absolute atomic E-state index is 0.143. The van der Waals surface area contributed by atoms with Gasteiger partial charge in [-0.1, -0.05) is 0 Å². The lowest BCUT2D eigenvalue weighted by atomic mass is 10.1. The Kier molecular flexibility index (Phi) is 4.44. The molecule has 2 aromatic rings. The van der Waals surface area contributed by atoms with Crippen molar-refractivity contribution in [3.8, 4) is 0 Å². The lowest BCUT2D eigenvalue weighted by Crippen LogP contribution is -2.11. The Labute approximate surface area is 124 Å². The Balaban J connectivity index is 2.26. The zero-order chi connectivity index (χ0) is 14.7. The number of halogens is 2. The molecule has 1 heterocycles. The molecule has 0 aliphatic heterocycles. The molecule has 6 heteroatoms. The number of carbonyl (C=O) groups excluding carboxylic acids is 1. The molecular formula is C14H13BrFNO3. The molecule has 1 aromatic carbocycles. The highest BCUT2D eigenvalue weighted by molar-refractivity contribution is 9.10. The molecule has 1 N–H and O–H groups in total. The van der Waals surface area contributed by atoms with Gasteiger partial charge in [-0.05, 0) is 53.2 Å². The van der Waals surface area contributed by atoms with E-state index in [1.54, 1.807) is 6.07 Å². The number of hydrogen-bond acceptors (Lipinski definition) is 4. The van der Waals surface area contributed by atoms with Crippen LogP contribution in [0.3, 0.4) is 0 Å². The lowest BCUT2D eigenvalue weighted by Gasteiger charge is -2.15. The van der Waals surface area contributed by atoms with Crippen LogP contribution >= 0.6 is 15.9 Å². The van der Waals surface area contributed by atoms with E-state index in [-0.39, 0.29) is 11.6 Å². The van der Waals surface area contributed by atoms with Gasteiger partial charge in [-0.25, -0.2) is 9.18 Å². The van der Waals surface area contributed by atoms with Crippen molar-refractivity contribution in [3.63, 3.8) is 0 Å². The first-order valence-electron chi connectivity index (χ1n) is 5.91. The largest absolute Gasteiger partial charge is 0.465 e. The number of furan rings is 1. The van der Waals surface area contributed by atoms with E-state index >= 15 is 0 Å². The van der Waals surface area contributed by atoms with Gasteiger partial charge in [0.15, 0.2) is 4.67 Å². The number of anilines is 1. The third-order valence-electron chi connectivity index (χ3n) is 2.78. The van der Waals surface area contributed by atoms with Crippen molar-refractivity contribution in [1.82, 2.24) is 0 Å². The molecule has 2 rings (SSSR count). The van der Waals surface area contributed by atoms with Gasteiger partial charge in [0.25, 0.3) is 0 Å². The third-order valence-corrected chi connectivity index (χ3v) is 3.21. The molecule has 106 valence electrons. The number of rotatable bonds is 4. The van der Waals surface area contributed by atoms with E-state index in [0.717, 1.165) is 6.07 Å². The number of ether oxygens (including phenoxy) is 1. The molecule has 0 spiro atoms. The van der Waals surface area contributed by atoms with Crippen LogP contribution in [0.5, 0.6) is 0 Å². The van der Waals surface area contributed by atoms with E-state index in [9.17, 15) is 9.18 Å². The maximum Gasteiger partial charge on any atom is 0.340 e. The average molecular weight is 342 g/mol. The summed E-state index contributed by atoms with van der Waals surface area (Å²) in [5.41, 5.74) is 0.628. The van der Waals surface area contributed by atoms with Gasteiger partial charge in [0.1, 0.15) is 11.6 Å². The molecular weight excluding hydrogens is 329 g/mol. The zero-order valence-corrected chi connectivity index (χ0v) is 12.5. The highest BCUT2D eigenvalue weighted by atomic mass is 79.9. The zero-order valence-electron chi connectivity index (χ0n) is 10.9. The summed E-state index contributed by atoms with van der Waals surface area (Å²) in [7, 11) is 1.25. The number of esters is 1. The van der Waals surface area contributed by atoms with Crippen molar-refractivity contribution < 1.29 is 18.3 Å². The number of nitrogens with one attached hydrogen (secondary N) is 1. The van der Waals surface area contributed by atoms with Gasteiger partial charge in [0.05, 0.1) is 18.7 Å². The summed E-state index contributed by atoms with van der Waals surface area (Å²) in [6.07, 6.45) is 0. The fourth-order valence-corrected chi connectivity index (χ4v) is 2.11. The van der Waals surface area contributed by atoms with Crippen molar-refractivity contribution >= 4 is 27.6 Å². The van der Waals surface area contributed by atoms with Crippen LogP contribution in [0.15, 0.2) is 39.4 Å². The Hall–Kier alpha value is -1.82. The SMILES string of the molecule is COC(=O)c1cc(F)ccc1NC(C)c1ccc(Br)o1. The van der Waals surface area contributed by atoms with Crippen molar-refractivity contribution in [3.05, 3.63) is 52.1 Å². The normalized spacial score (nSPS) is 12.0. The Bertz CT molecular complexity index is 627. The first kappa shape index (κ1) is 14.6. The van der Waals surface area contributed by atoms with Crippen LogP contribution in [0.2, 0.25) is 0 Å². The van der Waals surface area contributed by atoms with Crippen molar-refractivity contribution in [2.45, 2.75) is 13.0 Å². The van der Waals surface area contributed by atoms with Crippen LogP contribution in [-0.4, -0.2) is 13.1 Å². The molecule has 1 aromatic heterocycles. The summed E-state index contributed by atoms with van der Waals surface area (Å²) < 4.78 is 23.9. The van der Waals surface area contributed by atoms with E-state index in [4.69, 9.17) is 4.42 Å². The maximum atomic E-state index is 13.2. The van der Waals surface area contributed by atoms with Crippen molar-refractivity contribution in [1.29, 1.82) is 0 Å². The molecule has 0 saturated carbocycles. The molecule has 0 saturated heterocycles. The quantitative estimate of drug-likeness (QED) is 0.849. The van der Waals surface area contributed by atoms with Crippen LogP contribution in [0, 0.1) is 5.82 Å². The second-order valence-electron chi connectivity index (χ2n) is 4.19. The predicted molar refractivity (Wildman–Crippen MR) is 76.2 cm³/mol. The van der Waals surface area contributed by atoms with E-state index in [1.807, 2.05) is 13.0 Å². The fraction of sp³-hybridized carbons (Fsp3) is 0.214. The van der Waals surface area contributed by atoms with Crippen molar-refractivity contribution in [2.75, 3.05) is 12.4 Å². The number of carbonyl (C=O) groups is 1. The fourth-order valence-electron chi connectivity index (χ4n) is 1.79. The summed E-state index contributed by atoms with van der Waals surface area (Å²) in [6.45, 7) is 1.87. The van der Waals surface area contributed by atoms with E-state index in [1.165, 1.54) is 19.2 Å². The molecule has 0 amide bonds. The Morgan fingerprint density at radius 3 is 2.75 bits per heavy atom. The summed E-state index contributed by atoms with van der Waals surface area (Å²) in [6, 6.07) is 7.31. The standard InChI is InChI=1S/C14H13BrFNO3/c1-8(12-5-6-13(15)20-12)17-11-4-3-9(16)7-10(11)14(18)19-2/h3-8,17H,1-2H3. The van der Waals surface area contributed by atoms with Gasteiger partial charge in [0, 0.05) is 5.69 Å². The second kappa shape index (κ2) is 6.09. The van der Waals surface area contributed by atoms with Gasteiger partial charge < -0.3 is 14.5 Å². The third kappa shape index (κ3) is 3.19. The van der Waals surface area contributed by atoms with Crippen LogP contribution < -0.4 is 5.32 Å². The van der Waals surface area contributed by atoms with Gasteiger partial charge in [0.2, 0.25) is 0 Å². The van der Waals surface area contributed by atoms with Crippen LogP contribution in [-0.2, 0) is 4.74 Å². The summed E-state index contributed by atoms with van der Waals surface area (Å²) >= 11 is 3.23. The van der Waals surface area contributed by atoms with E-state index in [0.29, 0.717) is 16.1 Å². The minimum Gasteiger partial charge on any atom is -0.465 e. The monoisotopic (exact) mass is 341 g/mol. The highest BCUT2D eigenvalue weighted by Crippen LogP contribution is 2.26. The molecule has 0 aliphatic rings. The Morgan fingerprint density at radius 1 is 1.40 bits per heavy atom. The second-order valence-corrected chi connectivity index (χ2v) is 4.97. The van der Waals surface area contributed by atoms with Gasteiger partial charge in [-0.3, -0.25) is 0 Å². The maximum absolute atomic E-state index is 13.2. The smallest absolute Gasteiger partial charge is 0.340 e. The molecule has 1 atom stereocenters. The molecule has 0 bridgehead atoms. The summed E-state index contributed by atoms with van der Waals surface area (Å²) in [5.74, 6) is -0.402. The van der Waals surface area contributed by atoms with Crippen LogP contribution in [0.1, 0.15) is 29.1 Å². The van der Waals surface area contributed by atoms with Gasteiger partial charge in [-0.15, -0.1) is 0 Å². The highest BCUT2D eigenvalue weighted by Gasteiger charge is 2.16. The summed E-state index contributed by atoms with van der Waals surface area (Å²) in [5, 5.41) is 3.10. The van der Waals surface area contributed by atoms with Crippen LogP contribution in [0.4, 0.5) is 10.1 Å². The molecule has 0 radical (unpaired) electrons. The molecule has 0 fully saturated rings. The molecule has 20 heavy (non-hydrogen) atoms. The number of methoxy groups -OCH3 is 1. The predicted octanol–water partition coefficient (Wildman–Crippen LogP) is 4.14. The van der Waals surface area contributed by atoms with Crippen LogP contribution in [0.25, 0.3) is 0 Å². The minimum atomic E-state index is -0.597. The number of benzene rings is 1. The molecule has 1 unspecified atom stereocenters. The molecule has 0 aliphatic carbocycles. The average Bonchev–Trinajstić information content (AvgIpc) is 2.86. The number of hydrogen-bond donors (Lipinski definition) is 1. The topological polar surface area (TPSA) is 51.5 Å². The first-order valence-corrected chi connectivity index (χ1v) is 6.70. The van der Waals surface area contributed by atoms with Crippen molar-refractivity contribution in [2.24, 2.45) is 0 Å². The Morgan fingerprint density at radius 2 is 2.15 bits per heavy atom. The lowest BCUT2D eigenvalue weighted by molar-refractivity contribution is 0.0601.